The van der Waals surface area contributed by atoms with Crippen molar-refractivity contribution < 1.29 is 0 Å². The highest BCUT2D eigenvalue weighted by atomic mass is 14.7. The van der Waals surface area contributed by atoms with Gasteiger partial charge in [-0.25, -0.2) is 0 Å². The van der Waals surface area contributed by atoms with Crippen molar-refractivity contribution in [2.75, 3.05) is 0 Å². The quantitative estimate of drug-likeness (QED) is 0.536. The largest absolute Gasteiger partial charge is 0.358 e. The van der Waals surface area contributed by atoms with Crippen LogP contribution in [0, 0.1) is 6.92 Å². The number of fused-ring (bicyclic) bond motifs is 2. The Balaban J connectivity index is 2.20. The zero-order chi connectivity index (χ0) is 15.3. The number of benzene rings is 2. The molecule has 2 aromatic heterocycles. The Hall–Kier alpha value is -2.74. The van der Waals surface area contributed by atoms with E-state index in [-0.39, 0.29) is 0 Å². The summed E-state index contributed by atoms with van der Waals surface area (Å²) in [5.41, 5.74) is 6.06. The molecule has 0 spiro atoms. The molecule has 2 heterocycles. The van der Waals surface area contributed by atoms with Crippen molar-refractivity contribution in [3.05, 3.63) is 70.4 Å². The van der Waals surface area contributed by atoms with Gasteiger partial charge in [0.15, 0.2) is 0 Å². The molecule has 2 aromatic carbocycles. The van der Waals surface area contributed by atoms with Crippen LogP contribution in [0.2, 0.25) is 0 Å². The molecule has 2 N–H and O–H groups in total. The molecule has 0 aliphatic heterocycles. The van der Waals surface area contributed by atoms with Gasteiger partial charge in [-0.3, -0.25) is 0 Å². The molecule has 0 fully saturated rings. The Morgan fingerprint density at radius 1 is 0.864 bits per heavy atom. The molecule has 0 aliphatic carbocycles. The van der Waals surface area contributed by atoms with Crippen LogP contribution in [0.5, 0.6) is 0 Å². The van der Waals surface area contributed by atoms with Crippen molar-refractivity contribution in [2.45, 2.75) is 13.8 Å². The lowest BCUT2D eigenvalue weighted by Crippen LogP contribution is -2.23. The second kappa shape index (κ2) is 4.63. The Kier molecular flexibility index (Phi) is 2.73. The highest BCUT2D eigenvalue weighted by molar-refractivity contribution is 5.95. The highest BCUT2D eigenvalue weighted by Gasteiger charge is 2.12. The number of hydrogen-bond acceptors (Lipinski definition) is 0. The number of nitrogens with one attached hydrogen (secondary N) is 2. The van der Waals surface area contributed by atoms with Crippen LogP contribution >= 0.6 is 0 Å². The minimum absolute atomic E-state index is 0.975. The molecule has 4 rings (SSSR count). The molecule has 2 nitrogen and oxygen atoms in total. The van der Waals surface area contributed by atoms with E-state index in [1.54, 1.807) is 0 Å². The normalized spacial score (nSPS) is 13.0. The van der Waals surface area contributed by atoms with Crippen molar-refractivity contribution in [3.63, 3.8) is 0 Å². The minimum atomic E-state index is 0.975. The van der Waals surface area contributed by atoms with Crippen LogP contribution in [0.25, 0.3) is 34.0 Å². The third kappa shape index (κ3) is 1.74. The number of aryl methyl sites for hydroxylation is 1. The molecule has 108 valence electrons. The molecular formula is C20H18N2. The van der Waals surface area contributed by atoms with Crippen molar-refractivity contribution in [1.82, 2.24) is 9.97 Å². The van der Waals surface area contributed by atoms with Gasteiger partial charge in [-0.2, -0.15) is 0 Å². The zero-order valence-corrected chi connectivity index (χ0v) is 12.8. The van der Waals surface area contributed by atoms with E-state index in [2.05, 4.69) is 72.9 Å². The maximum atomic E-state index is 4.21. The van der Waals surface area contributed by atoms with Crippen LogP contribution < -0.4 is 10.6 Å². The fourth-order valence-electron chi connectivity index (χ4n) is 3.51. The second-order valence-electron chi connectivity index (χ2n) is 5.82. The molecule has 2 heteroatoms. The van der Waals surface area contributed by atoms with Gasteiger partial charge in [-0.15, -0.1) is 0 Å². The van der Waals surface area contributed by atoms with Crippen molar-refractivity contribution in [2.24, 2.45) is 0 Å². The van der Waals surface area contributed by atoms with Crippen molar-refractivity contribution in [1.29, 1.82) is 0 Å². The fraction of sp³-hybridized carbons (Fsp3) is 0.100. The third-order valence-corrected chi connectivity index (χ3v) is 4.43. The average molecular weight is 286 g/mol. The topological polar surface area (TPSA) is 31.6 Å². The number of para-hydroxylation sites is 2. The van der Waals surface area contributed by atoms with Gasteiger partial charge in [-0.1, -0.05) is 43.0 Å². The number of aromatic amines is 2. The summed E-state index contributed by atoms with van der Waals surface area (Å²) in [6.07, 6.45) is 0. The molecule has 0 bridgehead atoms. The summed E-state index contributed by atoms with van der Waals surface area (Å²) in [5.74, 6) is 0. The highest BCUT2D eigenvalue weighted by Crippen LogP contribution is 2.27. The molecule has 0 atom stereocenters. The summed E-state index contributed by atoms with van der Waals surface area (Å²) < 4.78 is 0. The maximum Gasteiger partial charge on any atom is 0.0464 e. The van der Waals surface area contributed by atoms with E-state index < -0.39 is 0 Å². The average Bonchev–Trinajstić information content (AvgIpc) is 3.01. The van der Waals surface area contributed by atoms with E-state index in [9.17, 15) is 0 Å². The van der Waals surface area contributed by atoms with Gasteiger partial charge in [0, 0.05) is 43.6 Å². The first-order valence-corrected chi connectivity index (χ1v) is 7.51. The van der Waals surface area contributed by atoms with Crippen LogP contribution in [-0.2, 0) is 0 Å². The van der Waals surface area contributed by atoms with Gasteiger partial charge >= 0.3 is 0 Å². The van der Waals surface area contributed by atoms with Gasteiger partial charge in [0.1, 0.15) is 0 Å². The van der Waals surface area contributed by atoms with Gasteiger partial charge in [0.05, 0.1) is 0 Å². The maximum absolute atomic E-state index is 4.21. The van der Waals surface area contributed by atoms with Crippen molar-refractivity contribution in [3.8, 4) is 0 Å². The number of aromatic nitrogens is 2. The lowest BCUT2D eigenvalue weighted by molar-refractivity contribution is 1.27. The van der Waals surface area contributed by atoms with Crippen LogP contribution in [0.1, 0.15) is 18.2 Å². The Morgan fingerprint density at radius 3 is 2.18 bits per heavy atom. The van der Waals surface area contributed by atoms with Crippen LogP contribution in [0.15, 0.2) is 48.5 Å². The Bertz CT molecular complexity index is 1110. The molecular weight excluding hydrogens is 268 g/mol. The van der Waals surface area contributed by atoms with E-state index in [1.165, 1.54) is 38.3 Å². The number of hydrogen-bond donors (Lipinski definition) is 2. The first-order valence-electron chi connectivity index (χ1n) is 7.51. The molecule has 0 saturated heterocycles. The van der Waals surface area contributed by atoms with E-state index in [4.69, 9.17) is 0 Å². The minimum Gasteiger partial charge on any atom is -0.358 e. The van der Waals surface area contributed by atoms with Crippen LogP contribution in [-0.4, -0.2) is 9.97 Å². The fourth-order valence-corrected chi connectivity index (χ4v) is 3.51. The van der Waals surface area contributed by atoms with Gasteiger partial charge in [-0.05, 0) is 31.6 Å². The van der Waals surface area contributed by atoms with E-state index >= 15 is 0 Å². The molecule has 22 heavy (non-hydrogen) atoms. The third-order valence-electron chi connectivity index (χ3n) is 4.43. The monoisotopic (exact) mass is 286 g/mol. The Morgan fingerprint density at radius 2 is 1.45 bits per heavy atom. The zero-order valence-electron chi connectivity index (χ0n) is 12.8. The molecule has 0 radical (unpaired) electrons. The summed E-state index contributed by atoms with van der Waals surface area (Å²) in [7, 11) is 0. The first-order chi connectivity index (χ1) is 10.7. The summed E-state index contributed by atoms with van der Waals surface area (Å²) in [6, 6.07) is 16.8. The smallest absolute Gasteiger partial charge is 0.0464 e. The van der Waals surface area contributed by atoms with Gasteiger partial charge in [0.25, 0.3) is 0 Å². The second-order valence-corrected chi connectivity index (χ2v) is 5.82. The predicted octanol–water partition coefficient (Wildman–Crippen LogP) is 3.59. The first kappa shape index (κ1) is 13.0. The molecule has 0 saturated carbocycles. The number of H-pyrrole nitrogens is 2. The van der Waals surface area contributed by atoms with Crippen LogP contribution in [0.3, 0.4) is 0 Å². The summed E-state index contributed by atoms with van der Waals surface area (Å²) in [4.78, 5) is 6.88. The molecule has 0 unspecified atom stereocenters. The summed E-state index contributed by atoms with van der Waals surface area (Å²) in [5, 5.41) is 4.68. The summed E-state index contributed by atoms with van der Waals surface area (Å²) >= 11 is 0. The lowest BCUT2D eigenvalue weighted by Gasteiger charge is -2.02. The van der Waals surface area contributed by atoms with Crippen molar-refractivity contribution >= 4 is 34.0 Å². The molecule has 0 aliphatic rings. The Labute approximate surface area is 128 Å². The summed E-state index contributed by atoms with van der Waals surface area (Å²) in [6.45, 7) is 8.53. The van der Waals surface area contributed by atoms with Crippen LogP contribution in [0.4, 0.5) is 0 Å². The number of rotatable bonds is 1. The van der Waals surface area contributed by atoms with Gasteiger partial charge < -0.3 is 9.97 Å². The molecule has 4 aromatic rings. The van der Waals surface area contributed by atoms with E-state index in [0.717, 1.165) is 10.9 Å². The van der Waals surface area contributed by atoms with E-state index in [0.29, 0.717) is 0 Å². The van der Waals surface area contributed by atoms with Gasteiger partial charge in [0.2, 0.25) is 0 Å². The SMILES string of the molecule is C=c1[nH]c2ccccc2/c1=C(/C)c1c(C)[nH]c2ccccc12. The van der Waals surface area contributed by atoms with E-state index in [1.807, 2.05) is 6.07 Å². The molecule has 0 amide bonds. The lowest BCUT2D eigenvalue weighted by atomic mass is 10.0. The standard InChI is InChI=1S/C20H18N2/c1-12(19-13(2)21-17-10-6-4-8-15(17)19)20-14(3)22-18-11-7-5-9-16(18)20/h4-11,21-22H,2H2,1,3H3/b19-12-. The predicted molar refractivity (Wildman–Crippen MR) is 94.3 cm³/mol.